The number of carbonyl (C=O) groups is 1. The van der Waals surface area contributed by atoms with Crippen molar-refractivity contribution in [3.05, 3.63) is 30.5 Å². The van der Waals surface area contributed by atoms with E-state index in [1.54, 1.807) is 16.9 Å². The number of nitrogens with one attached hydrogen (secondary N) is 2. The molecular formula is C20H19FN8O2. The Morgan fingerprint density at radius 1 is 1.19 bits per heavy atom. The van der Waals surface area contributed by atoms with E-state index in [2.05, 4.69) is 35.6 Å². The molecule has 3 fully saturated rings. The first-order chi connectivity index (χ1) is 15.1. The van der Waals surface area contributed by atoms with Gasteiger partial charge in [-0.25, -0.2) is 23.9 Å². The summed E-state index contributed by atoms with van der Waals surface area (Å²) in [6.07, 6.45) is 8.29. The molecule has 7 rings (SSSR count). The molecule has 0 spiro atoms. The minimum atomic E-state index is -0.782. The molecule has 4 heterocycles. The molecule has 0 saturated heterocycles. The van der Waals surface area contributed by atoms with Crippen LogP contribution in [0.4, 0.5) is 10.3 Å². The van der Waals surface area contributed by atoms with Crippen LogP contribution in [0.1, 0.15) is 25.7 Å². The number of aliphatic carboxylic acids is 1. The van der Waals surface area contributed by atoms with Crippen molar-refractivity contribution in [3.8, 4) is 11.4 Å². The summed E-state index contributed by atoms with van der Waals surface area (Å²) in [5, 5.41) is 25.2. The van der Waals surface area contributed by atoms with Crippen molar-refractivity contribution in [1.29, 1.82) is 0 Å². The van der Waals surface area contributed by atoms with Crippen LogP contribution in [-0.2, 0) is 4.79 Å². The van der Waals surface area contributed by atoms with Crippen LogP contribution in [0.3, 0.4) is 0 Å². The molecular weight excluding hydrogens is 403 g/mol. The molecule has 4 aromatic rings. The van der Waals surface area contributed by atoms with Crippen LogP contribution in [0, 0.1) is 23.6 Å². The smallest absolute Gasteiger partial charge is 0.308 e. The maximum atomic E-state index is 13.8. The number of anilines is 1. The lowest BCUT2D eigenvalue weighted by molar-refractivity contribution is -0.148. The van der Waals surface area contributed by atoms with E-state index in [0.717, 1.165) is 31.9 Å². The summed E-state index contributed by atoms with van der Waals surface area (Å²) in [5.74, 6) is -1.01. The van der Waals surface area contributed by atoms with Gasteiger partial charge in [0.25, 0.3) is 0 Å². The topological polar surface area (TPSA) is 134 Å². The second kappa shape index (κ2) is 6.69. The Morgan fingerprint density at radius 2 is 2.00 bits per heavy atom. The van der Waals surface area contributed by atoms with Gasteiger partial charge in [-0.3, -0.25) is 9.89 Å². The van der Waals surface area contributed by atoms with Crippen LogP contribution in [0.5, 0.6) is 0 Å². The molecule has 4 aromatic heterocycles. The molecule has 31 heavy (non-hydrogen) atoms. The van der Waals surface area contributed by atoms with Crippen LogP contribution >= 0.6 is 0 Å². The van der Waals surface area contributed by atoms with Crippen molar-refractivity contribution >= 4 is 28.6 Å². The largest absolute Gasteiger partial charge is 0.481 e. The van der Waals surface area contributed by atoms with Crippen LogP contribution in [0.2, 0.25) is 0 Å². The van der Waals surface area contributed by atoms with Crippen molar-refractivity contribution in [2.45, 2.75) is 31.7 Å². The maximum absolute atomic E-state index is 13.8. The average Bonchev–Trinajstić information content (AvgIpc) is 3.40. The third-order valence-corrected chi connectivity index (χ3v) is 6.66. The first-order valence-electron chi connectivity index (χ1n) is 10.3. The van der Waals surface area contributed by atoms with Crippen molar-refractivity contribution < 1.29 is 14.3 Å². The first-order valence-corrected chi connectivity index (χ1v) is 10.3. The number of nitrogens with zero attached hydrogens (tertiary/aromatic N) is 6. The van der Waals surface area contributed by atoms with Gasteiger partial charge in [-0.05, 0) is 43.6 Å². The standard InChI is InChI=1S/C20H19FN8O2/c21-11-7-12-15(26-27-17(12)23-8-11)16-18-22-5-6-29(18)28-20(25-16)24-14-10-3-1-9(2-4-10)13(14)19(30)31/h5-10,13-14H,1-4H2,(H,24,28)(H,30,31)(H,23,26,27)/t9?,10?,13-,14-/m0/s1. The van der Waals surface area contributed by atoms with E-state index < -0.39 is 17.7 Å². The lowest BCUT2D eigenvalue weighted by atomic mass is 9.61. The van der Waals surface area contributed by atoms with Gasteiger partial charge in [0.1, 0.15) is 17.2 Å². The first kappa shape index (κ1) is 18.2. The molecule has 3 saturated carbocycles. The monoisotopic (exact) mass is 422 g/mol. The number of fused-ring (bicyclic) bond motifs is 5. The summed E-state index contributed by atoms with van der Waals surface area (Å²) >= 11 is 0. The fourth-order valence-corrected chi connectivity index (χ4v) is 5.27. The lowest BCUT2D eigenvalue weighted by Gasteiger charge is -2.46. The summed E-state index contributed by atoms with van der Waals surface area (Å²) in [5.41, 5.74) is 1.71. The molecule has 3 aliphatic rings. The highest BCUT2D eigenvalue weighted by Gasteiger charge is 2.47. The number of imidazole rings is 1. The Hall–Kier alpha value is -3.63. The van der Waals surface area contributed by atoms with Gasteiger partial charge >= 0.3 is 5.97 Å². The van der Waals surface area contributed by atoms with E-state index in [9.17, 15) is 14.3 Å². The maximum Gasteiger partial charge on any atom is 0.308 e. The number of pyridine rings is 1. The number of hydrogen-bond donors (Lipinski definition) is 3. The SMILES string of the molecule is O=C(O)[C@H]1C2CCC(CC2)[C@@H]1Nc1nc(-c2n[nH]c3ncc(F)cc23)c2nccn2n1. The van der Waals surface area contributed by atoms with Gasteiger partial charge in [-0.15, -0.1) is 5.10 Å². The lowest BCUT2D eigenvalue weighted by Crippen LogP contribution is -2.51. The third-order valence-electron chi connectivity index (χ3n) is 6.66. The molecule has 158 valence electrons. The van der Waals surface area contributed by atoms with Crippen LogP contribution in [0.25, 0.3) is 28.1 Å². The highest BCUT2D eigenvalue weighted by atomic mass is 19.1. The fraction of sp³-hybridized carbons (Fsp3) is 0.400. The second-order valence-corrected chi connectivity index (χ2v) is 8.31. The van der Waals surface area contributed by atoms with Crippen LogP contribution in [0.15, 0.2) is 24.7 Å². The number of aromatic nitrogens is 7. The van der Waals surface area contributed by atoms with Crippen molar-refractivity contribution in [1.82, 2.24) is 34.8 Å². The molecule has 0 radical (unpaired) electrons. The Kier molecular flexibility index (Phi) is 3.92. The zero-order chi connectivity index (χ0) is 21.1. The molecule has 10 nitrogen and oxygen atoms in total. The number of hydrogen-bond acceptors (Lipinski definition) is 7. The highest BCUT2D eigenvalue weighted by Crippen LogP contribution is 2.46. The van der Waals surface area contributed by atoms with E-state index in [0.29, 0.717) is 34.0 Å². The molecule has 3 aliphatic carbocycles. The molecule has 2 atom stereocenters. The van der Waals surface area contributed by atoms with E-state index in [1.807, 2.05) is 0 Å². The molecule has 0 aliphatic heterocycles. The van der Waals surface area contributed by atoms with Gasteiger partial charge in [0.2, 0.25) is 5.95 Å². The zero-order valence-corrected chi connectivity index (χ0v) is 16.4. The predicted molar refractivity (Wildman–Crippen MR) is 108 cm³/mol. The van der Waals surface area contributed by atoms with Crippen molar-refractivity contribution in [2.24, 2.45) is 17.8 Å². The molecule has 11 heteroatoms. The summed E-state index contributed by atoms with van der Waals surface area (Å²) in [6, 6.07) is 1.10. The molecule has 0 unspecified atom stereocenters. The minimum absolute atomic E-state index is 0.167. The number of carboxylic acids is 1. The molecule has 2 bridgehead atoms. The normalized spacial score (nSPS) is 25.3. The number of rotatable bonds is 4. The Labute approximate surface area is 174 Å². The van der Waals surface area contributed by atoms with Gasteiger partial charge in [0.05, 0.1) is 17.5 Å². The second-order valence-electron chi connectivity index (χ2n) is 8.31. The van der Waals surface area contributed by atoms with Crippen molar-refractivity contribution in [3.63, 3.8) is 0 Å². The van der Waals surface area contributed by atoms with Gasteiger partial charge in [0.15, 0.2) is 11.3 Å². The highest BCUT2D eigenvalue weighted by molar-refractivity contribution is 5.93. The predicted octanol–water partition coefficient (Wildman–Crippen LogP) is 2.50. The average molecular weight is 422 g/mol. The van der Waals surface area contributed by atoms with Gasteiger partial charge in [0, 0.05) is 18.4 Å². The zero-order valence-electron chi connectivity index (χ0n) is 16.4. The van der Waals surface area contributed by atoms with Crippen molar-refractivity contribution in [2.75, 3.05) is 5.32 Å². The number of aromatic amines is 1. The quantitative estimate of drug-likeness (QED) is 0.457. The van der Waals surface area contributed by atoms with E-state index in [1.165, 1.54) is 6.07 Å². The summed E-state index contributed by atoms with van der Waals surface area (Å²) < 4.78 is 15.4. The Morgan fingerprint density at radius 3 is 2.81 bits per heavy atom. The van der Waals surface area contributed by atoms with Gasteiger partial charge in [-0.2, -0.15) is 5.10 Å². The summed E-state index contributed by atoms with van der Waals surface area (Å²) in [6.45, 7) is 0. The van der Waals surface area contributed by atoms with Gasteiger partial charge < -0.3 is 10.4 Å². The molecule has 3 N–H and O–H groups in total. The van der Waals surface area contributed by atoms with E-state index in [4.69, 9.17) is 0 Å². The van der Waals surface area contributed by atoms with Crippen LogP contribution < -0.4 is 5.32 Å². The summed E-state index contributed by atoms with van der Waals surface area (Å²) in [7, 11) is 0. The Balaban J connectivity index is 1.45. The number of H-pyrrole nitrogens is 1. The number of halogens is 1. The fourth-order valence-electron chi connectivity index (χ4n) is 5.27. The third kappa shape index (κ3) is 2.83. The molecule has 0 aromatic carbocycles. The van der Waals surface area contributed by atoms with Crippen LogP contribution in [-0.4, -0.2) is 51.9 Å². The number of carboxylic acid groups (broad SMARTS) is 1. The van der Waals surface area contributed by atoms with E-state index in [-0.39, 0.29) is 17.9 Å². The minimum Gasteiger partial charge on any atom is -0.481 e. The summed E-state index contributed by atoms with van der Waals surface area (Å²) in [4.78, 5) is 25.0. The van der Waals surface area contributed by atoms with Gasteiger partial charge in [-0.1, -0.05) is 0 Å². The molecule has 0 amide bonds. The van der Waals surface area contributed by atoms with E-state index >= 15 is 0 Å². The Bertz CT molecular complexity index is 1310.